The number of thiophene rings is 1. The molecule has 0 aromatic carbocycles. The van der Waals surface area contributed by atoms with Crippen molar-refractivity contribution in [3.05, 3.63) is 17.8 Å². The van der Waals surface area contributed by atoms with E-state index in [0.717, 1.165) is 55.3 Å². The first-order chi connectivity index (χ1) is 12.7. The number of amides is 1. The van der Waals surface area contributed by atoms with Gasteiger partial charge in [0.25, 0.3) is 0 Å². The van der Waals surface area contributed by atoms with Gasteiger partial charge in [-0.2, -0.15) is 0 Å². The van der Waals surface area contributed by atoms with Crippen LogP contribution in [0.4, 0.5) is 5.82 Å². The summed E-state index contributed by atoms with van der Waals surface area (Å²) < 4.78 is 1.15. The summed E-state index contributed by atoms with van der Waals surface area (Å²) >= 11 is 1.69. The van der Waals surface area contributed by atoms with E-state index < -0.39 is 0 Å². The van der Waals surface area contributed by atoms with Crippen molar-refractivity contribution in [3.63, 3.8) is 0 Å². The zero-order valence-electron chi connectivity index (χ0n) is 16.2. The Labute approximate surface area is 182 Å². The normalized spacial score (nSPS) is 19.0. The fourth-order valence-electron chi connectivity index (χ4n) is 4.15. The molecule has 6 nitrogen and oxygen atoms in total. The van der Waals surface area contributed by atoms with Gasteiger partial charge < -0.3 is 15.1 Å². The number of carbonyl (C=O) groups is 1. The monoisotopic (exact) mass is 445 g/mol. The highest BCUT2D eigenvalue weighted by atomic mass is 35.5. The van der Waals surface area contributed by atoms with Gasteiger partial charge >= 0.3 is 0 Å². The second-order valence-corrected chi connectivity index (χ2v) is 8.39. The third-order valence-electron chi connectivity index (χ3n) is 5.84. The lowest BCUT2D eigenvalue weighted by Crippen LogP contribution is -2.49. The van der Waals surface area contributed by atoms with Gasteiger partial charge in [-0.15, -0.1) is 36.2 Å². The minimum absolute atomic E-state index is 0. The van der Waals surface area contributed by atoms with Gasteiger partial charge in [-0.3, -0.25) is 4.79 Å². The first kappa shape index (κ1) is 23.1. The largest absolute Gasteiger partial charge is 0.352 e. The first-order valence-corrected chi connectivity index (χ1v) is 10.5. The highest BCUT2D eigenvalue weighted by Gasteiger charge is 2.27. The van der Waals surface area contributed by atoms with E-state index >= 15 is 0 Å². The quantitative estimate of drug-likeness (QED) is 0.782. The molecule has 0 radical (unpaired) electrons. The molecular formula is C19H29Cl2N5OS. The van der Waals surface area contributed by atoms with Gasteiger partial charge in [-0.1, -0.05) is 6.92 Å². The van der Waals surface area contributed by atoms with Gasteiger partial charge in [0.1, 0.15) is 12.1 Å². The molecule has 4 rings (SSSR count). The van der Waals surface area contributed by atoms with Crippen LogP contribution in [0.3, 0.4) is 0 Å². The van der Waals surface area contributed by atoms with Crippen LogP contribution < -0.4 is 10.2 Å². The molecule has 1 unspecified atom stereocenters. The first-order valence-electron chi connectivity index (χ1n) is 9.64. The predicted molar refractivity (Wildman–Crippen MR) is 120 cm³/mol. The molecule has 156 valence electrons. The highest BCUT2D eigenvalue weighted by molar-refractivity contribution is 7.17. The van der Waals surface area contributed by atoms with Crippen molar-refractivity contribution in [2.75, 3.05) is 44.2 Å². The van der Waals surface area contributed by atoms with Crippen molar-refractivity contribution in [1.82, 2.24) is 20.2 Å². The van der Waals surface area contributed by atoms with E-state index in [1.54, 1.807) is 17.7 Å². The van der Waals surface area contributed by atoms with E-state index in [0.29, 0.717) is 24.2 Å². The Balaban J connectivity index is 0.00000140. The van der Waals surface area contributed by atoms with Crippen LogP contribution in [0.15, 0.2) is 17.8 Å². The van der Waals surface area contributed by atoms with Crippen molar-refractivity contribution in [2.24, 2.45) is 11.8 Å². The van der Waals surface area contributed by atoms with E-state index in [1.165, 1.54) is 12.8 Å². The Bertz CT molecular complexity index is 760. The molecule has 28 heavy (non-hydrogen) atoms. The number of piperidine rings is 1. The number of aromatic nitrogens is 2. The summed E-state index contributed by atoms with van der Waals surface area (Å²) in [6.07, 6.45) is 4.73. The van der Waals surface area contributed by atoms with Crippen LogP contribution in [0.2, 0.25) is 0 Å². The second-order valence-electron chi connectivity index (χ2n) is 7.47. The average molecular weight is 446 g/mol. The second kappa shape index (κ2) is 10.6. The summed E-state index contributed by atoms with van der Waals surface area (Å²) in [6, 6.07) is 2.03. The van der Waals surface area contributed by atoms with Crippen LogP contribution in [0, 0.1) is 11.8 Å². The lowest BCUT2D eigenvalue weighted by atomic mass is 9.84. The molecule has 9 heteroatoms. The number of piperazine rings is 1. The molecule has 0 aliphatic carbocycles. The van der Waals surface area contributed by atoms with Gasteiger partial charge in [0, 0.05) is 32.6 Å². The Morgan fingerprint density at radius 3 is 2.64 bits per heavy atom. The molecule has 2 aliphatic rings. The van der Waals surface area contributed by atoms with Crippen molar-refractivity contribution in [3.8, 4) is 0 Å². The fourth-order valence-corrected chi connectivity index (χ4v) is 5.02. The van der Waals surface area contributed by atoms with Gasteiger partial charge in [0.2, 0.25) is 5.91 Å². The van der Waals surface area contributed by atoms with Crippen LogP contribution in [0.1, 0.15) is 26.2 Å². The summed E-state index contributed by atoms with van der Waals surface area (Å²) in [5, 5.41) is 5.47. The van der Waals surface area contributed by atoms with Gasteiger partial charge in [-0.25, -0.2) is 9.97 Å². The molecule has 2 saturated heterocycles. The maximum atomic E-state index is 12.7. The summed E-state index contributed by atoms with van der Waals surface area (Å²) in [5.41, 5.74) is 1.01. The Hall–Kier alpha value is -1.15. The zero-order chi connectivity index (χ0) is 17.9. The number of carbonyl (C=O) groups excluding carboxylic acids is 1. The van der Waals surface area contributed by atoms with Crippen molar-refractivity contribution in [1.29, 1.82) is 0 Å². The van der Waals surface area contributed by atoms with Crippen LogP contribution in [-0.4, -0.2) is 60.0 Å². The maximum Gasteiger partial charge on any atom is 0.222 e. The zero-order valence-corrected chi connectivity index (χ0v) is 18.6. The highest BCUT2D eigenvalue weighted by Crippen LogP contribution is 2.29. The number of hydrogen-bond donors (Lipinski definition) is 1. The van der Waals surface area contributed by atoms with Crippen LogP contribution in [0.25, 0.3) is 10.2 Å². The number of hydrogen-bond acceptors (Lipinski definition) is 6. The smallest absolute Gasteiger partial charge is 0.222 e. The number of nitrogens with one attached hydrogen (secondary N) is 1. The Morgan fingerprint density at radius 1 is 1.21 bits per heavy atom. The molecule has 2 aromatic rings. The summed E-state index contributed by atoms with van der Waals surface area (Å²) in [4.78, 5) is 25.9. The summed E-state index contributed by atoms with van der Waals surface area (Å²) in [6.45, 7) is 7.70. The predicted octanol–water partition coefficient (Wildman–Crippen LogP) is 3.21. The number of anilines is 1. The SMILES string of the molecule is CC(CC(=O)N1CCN(c2ncnc3ccsc23)CC1)C1CCNCC1.Cl.Cl. The Kier molecular flexibility index (Phi) is 8.74. The third kappa shape index (κ3) is 5.06. The van der Waals surface area contributed by atoms with E-state index in [4.69, 9.17) is 0 Å². The van der Waals surface area contributed by atoms with E-state index in [1.807, 2.05) is 11.0 Å². The molecular weight excluding hydrogens is 417 g/mol. The van der Waals surface area contributed by atoms with Crippen LogP contribution in [-0.2, 0) is 4.79 Å². The van der Waals surface area contributed by atoms with Gasteiger partial charge in [-0.05, 0) is 49.2 Å². The molecule has 2 aliphatic heterocycles. The van der Waals surface area contributed by atoms with Crippen molar-refractivity contribution >= 4 is 58.1 Å². The van der Waals surface area contributed by atoms with E-state index in [2.05, 4.69) is 32.5 Å². The molecule has 2 aromatic heterocycles. The minimum atomic E-state index is 0. The molecule has 4 heterocycles. The van der Waals surface area contributed by atoms with Crippen molar-refractivity contribution < 1.29 is 4.79 Å². The molecule has 1 N–H and O–H groups in total. The minimum Gasteiger partial charge on any atom is -0.352 e. The maximum absolute atomic E-state index is 12.7. The molecule has 1 amide bonds. The molecule has 0 bridgehead atoms. The van der Waals surface area contributed by atoms with Crippen LogP contribution in [0.5, 0.6) is 0 Å². The number of halogens is 2. The standard InChI is InChI=1S/C19H27N5OS.2ClH/c1-14(15-2-5-20-6-3-15)12-17(25)23-7-9-24(10-8-23)19-18-16(4-11-26-18)21-13-22-19;;/h4,11,13-15,20H,2-3,5-10,12H2,1H3;2*1H. The molecule has 2 fully saturated rings. The molecule has 1 atom stereocenters. The lowest BCUT2D eigenvalue weighted by Gasteiger charge is -2.36. The van der Waals surface area contributed by atoms with E-state index in [-0.39, 0.29) is 24.8 Å². The Morgan fingerprint density at radius 2 is 1.93 bits per heavy atom. The summed E-state index contributed by atoms with van der Waals surface area (Å²) in [5.74, 6) is 2.50. The fraction of sp³-hybridized carbons (Fsp3) is 0.632. The summed E-state index contributed by atoms with van der Waals surface area (Å²) in [7, 11) is 0. The topological polar surface area (TPSA) is 61.4 Å². The molecule has 0 spiro atoms. The number of fused-ring (bicyclic) bond motifs is 1. The van der Waals surface area contributed by atoms with Gasteiger partial charge in [0.05, 0.1) is 10.2 Å². The van der Waals surface area contributed by atoms with Gasteiger partial charge in [0.15, 0.2) is 0 Å². The third-order valence-corrected chi connectivity index (χ3v) is 6.74. The van der Waals surface area contributed by atoms with Crippen molar-refractivity contribution in [2.45, 2.75) is 26.2 Å². The molecule has 0 saturated carbocycles. The lowest BCUT2D eigenvalue weighted by molar-refractivity contribution is -0.132. The number of rotatable bonds is 4. The average Bonchev–Trinajstić information content (AvgIpc) is 3.17. The van der Waals surface area contributed by atoms with Crippen LogP contribution >= 0.6 is 36.2 Å². The number of nitrogens with zero attached hydrogens (tertiary/aromatic N) is 4. The van der Waals surface area contributed by atoms with E-state index in [9.17, 15) is 4.79 Å².